The smallest absolute Gasteiger partial charge is 0.306 e. The summed E-state index contributed by atoms with van der Waals surface area (Å²) in [4.78, 5) is 38.1. The first-order valence-electron chi connectivity index (χ1n) is 33.3. The van der Waals surface area contributed by atoms with Gasteiger partial charge >= 0.3 is 17.9 Å². The Labute approximate surface area is 472 Å². The third-order valence-corrected chi connectivity index (χ3v) is 14.7. The summed E-state index contributed by atoms with van der Waals surface area (Å²) in [5.41, 5.74) is 0. The van der Waals surface area contributed by atoms with Crippen LogP contribution in [0.25, 0.3) is 0 Å². The monoisotopic (exact) mass is 1060 g/mol. The fourth-order valence-electron chi connectivity index (χ4n) is 9.72. The molecule has 0 spiro atoms. The molecule has 0 aromatic heterocycles. The topological polar surface area (TPSA) is 78.9 Å². The number of hydrogen-bond donors (Lipinski definition) is 0. The van der Waals surface area contributed by atoms with Crippen molar-refractivity contribution in [1.29, 1.82) is 0 Å². The average molecular weight is 1060 g/mol. The number of hydrogen-bond acceptors (Lipinski definition) is 6. The van der Waals surface area contributed by atoms with Crippen molar-refractivity contribution in [3.8, 4) is 0 Å². The number of unbranched alkanes of at least 4 members (excludes halogenated alkanes) is 40. The van der Waals surface area contributed by atoms with Gasteiger partial charge in [0, 0.05) is 19.3 Å². The summed E-state index contributed by atoms with van der Waals surface area (Å²) in [6, 6.07) is 0. The van der Waals surface area contributed by atoms with Gasteiger partial charge in [0.25, 0.3) is 0 Å². The van der Waals surface area contributed by atoms with Gasteiger partial charge in [-0.15, -0.1) is 0 Å². The first kappa shape index (κ1) is 73.1. The molecule has 0 N–H and O–H groups in total. The van der Waals surface area contributed by atoms with Crippen LogP contribution in [0.2, 0.25) is 0 Å². The van der Waals surface area contributed by atoms with E-state index < -0.39 is 6.10 Å². The molecule has 0 aromatic rings. The fraction of sp³-hybridized carbons (Fsp3) is 0.814. The highest BCUT2D eigenvalue weighted by molar-refractivity contribution is 5.71. The zero-order valence-electron chi connectivity index (χ0n) is 50.8. The van der Waals surface area contributed by atoms with E-state index in [0.717, 1.165) is 83.5 Å². The maximum Gasteiger partial charge on any atom is 0.306 e. The van der Waals surface area contributed by atoms with E-state index in [9.17, 15) is 14.4 Å². The summed E-state index contributed by atoms with van der Waals surface area (Å²) in [5.74, 6) is -0.876. The summed E-state index contributed by atoms with van der Waals surface area (Å²) in [5, 5.41) is 0. The molecule has 0 aliphatic rings. The second-order valence-corrected chi connectivity index (χ2v) is 22.4. The van der Waals surface area contributed by atoms with Crippen LogP contribution in [0.15, 0.2) is 60.8 Å². The minimum absolute atomic E-state index is 0.0757. The highest BCUT2D eigenvalue weighted by Crippen LogP contribution is 2.17. The van der Waals surface area contributed by atoms with Gasteiger partial charge in [-0.2, -0.15) is 0 Å². The van der Waals surface area contributed by atoms with Gasteiger partial charge in [-0.3, -0.25) is 14.4 Å². The lowest BCUT2D eigenvalue weighted by atomic mass is 10.0. The molecular weight excluding hydrogens is 937 g/mol. The molecule has 76 heavy (non-hydrogen) atoms. The molecule has 442 valence electrons. The van der Waals surface area contributed by atoms with E-state index in [1.54, 1.807) is 0 Å². The first-order chi connectivity index (χ1) is 37.5. The molecule has 0 heterocycles. The summed E-state index contributed by atoms with van der Waals surface area (Å²) >= 11 is 0. The summed E-state index contributed by atoms with van der Waals surface area (Å²) < 4.78 is 16.9. The van der Waals surface area contributed by atoms with Crippen molar-refractivity contribution in [1.82, 2.24) is 0 Å². The average Bonchev–Trinajstić information content (AvgIpc) is 3.42. The number of rotatable bonds is 61. The molecule has 0 rings (SSSR count). The number of allylic oxidation sites excluding steroid dienone is 10. The highest BCUT2D eigenvalue weighted by atomic mass is 16.6. The molecule has 0 bridgehead atoms. The first-order valence-corrected chi connectivity index (χ1v) is 33.3. The van der Waals surface area contributed by atoms with Gasteiger partial charge in [-0.1, -0.05) is 300 Å². The quantitative estimate of drug-likeness (QED) is 0.0261. The molecular formula is C70H126O6. The summed E-state index contributed by atoms with van der Waals surface area (Å²) in [7, 11) is 0. The largest absolute Gasteiger partial charge is 0.462 e. The van der Waals surface area contributed by atoms with Gasteiger partial charge in [0.05, 0.1) is 0 Å². The Morgan fingerprint density at radius 1 is 0.263 bits per heavy atom. The molecule has 0 aliphatic heterocycles. The minimum Gasteiger partial charge on any atom is -0.462 e. The van der Waals surface area contributed by atoms with Crippen molar-refractivity contribution >= 4 is 17.9 Å². The molecule has 1 atom stereocenters. The van der Waals surface area contributed by atoms with E-state index in [2.05, 4.69) is 81.5 Å². The van der Waals surface area contributed by atoms with E-state index in [1.165, 1.54) is 225 Å². The number of ether oxygens (including phenoxy) is 3. The highest BCUT2D eigenvalue weighted by Gasteiger charge is 2.19. The Kier molecular flexibility index (Phi) is 62.2. The normalized spacial score (nSPS) is 12.4. The molecule has 6 heteroatoms. The van der Waals surface area contributed by atoms with Crippen molar-refractivity contribution in [2.75, 3.05) is 13.2 Å². The number of carbonyl (C=O) groups is 3. The molecule has 0 aliphatic carbocycles. The van der Waals surface area contributed by atoms with E-state index in [4.69, 9.17) is 14.2 Å². The lowest BCUT2D eigenvalue weighted by molar-refractivity contribution is -0.167. The number of carbonyl (C=O) groups excluding carboxylic acids is 3. The van der Waals surface area contributed by atoms with Crippen molar-refractivity contribution in [3.05, 3.63) is 60.8 Å². The second kappa shape index (κ2) is 64.6. The van der Waals surface area contributed by atoms with Crippen LogP contribution in [0.3, 0.4) is 0 Å². The molecule has 0 radical (unpaired) electrons. The SMILES string of the molecule is CCCCC/C=C\C/C=C\C/C=C\CCCCCCCCC(=O)OC(COC(=O)CCCCCCCCCC)COC(=O)CCCCCCCCCCCCCCCCCCCCC/C=C\C/C=C\CCCCCCC. The van der Waals surface area contributed by atoms with Gasteiger partial charge in [0.15, 0.2) is 6.10 Å². The second-order valence-electron chi connectivity index (χ2n) is 22.4. The molecule has 0 aromatic carbocycles. The predicted octanol–water partition coefficient (Wildman–Crippen LogP) is 22.7. The minimum atomic E-state index is -0.778. The fourth-order valence-corrected chi connectivity index (χ4v) is 9.72. The van der Waals surface area contributed by atoms with Gasteiger partial charge in [-0.25, -0.2) is 0 Å². The van der Waals surface area contributed by atoms with Crippen LogP contribution in [0.4, 0.5) is 0 Å². The van der Waals surface area contributed by atoms with E-state index in [1.807, 2.05) is 0 Å². The molecule has 0 saturated heterocycles. The Bertz CT molecular complexity index is 1360. The Hall–Kier alpha value is -2.89. The van der Waals surface area contributed by atoms with Crippen LogP contribution < -0.4 is 0 Å². The standard InChI is InChI=1S/C70H126O6/c1-4-7-10-13-16-19-21-23-25-27-29-30-31-32-33-34-35-36-37-38-39-40-42-43-45-47-49-51-54-57-60-63-69(72)75-66-67(65-74-68(71)62-59-56-53-18-15-12-9-6-3)76-70(73)64-61-58-55-52-50-48-46-44-41-28-26-24-22-20-17-14-11-8-5-2/h17,20-21,23-24,26-27,29,41,44,67H,4-16,18-19,22,25,28,30-40,42-43,45-66H2,1-3H3/b20-17-,23-21-,26-24-,29-27-,44-41-. The van der Waals surface area contributed by atoms with Crippen LogP contribution in [0, 0.1) is 0 Å². The third-order valence-electron chi connectivity index (χ3n) is 14.7. The van der Waals surface area contributed by atoms with Crippen molar-refractivity contribution in [2.24, 2.45) is 0 Å². The van der Waals surface area contributed by atoms with Crippen molar-refractivity contribution < 1.29 is 28.6 Å². The predicted molar refractivity (Wildman–Crippen MR) is 330 cm³/mol. The Morgan fingerprint density at radius 2 is 0.474 bits per heavy atom. The maximum atomic E-state index is 12.9. The van der Waals surface area contributed by atoms with Gasteiger partial charge < -0.3 is 14.2 Å². The van der Waals surface area contributed by atoms with Gasteiger partial charge in [0.1, 0.15) is 13.2 Å². The van der Waals surface area contributed by atoms with Crippen molar-refractivity contribution in [2.45, 2.75) is 354 Å². The number of esters is 3. The molecule has 0 saturated carbocycles. The van der Waals surface area contributed by atoms with Crippen LogP contribution in [-0.4, -0.2) is 37.2 Å². The molecule has 0 fully saturated rings. The van der Waals surface area contributed by atoms with Gasteiger partial charge in [-0.05, 0) is 89.9 Å². The Morgan fingerprint density at radius 3 is 0.763 bits per heavy atom. The van der Waals surface area contributed by atoms with E-state index in [0.29, 0.717) is 19.3 Å². The van der Waals surface area contributed by atoms with Crippen LogP contribution >= 0.6 is 0 Å². The Balaban J connectivity index is 4.07. The maximum absolute atomic E-state index is 12.9. The zero-order valence-corrected chi connectivity index (χ0v) is 50.8. The lowest BCUT2D eigenvalue weighted by Crippen LogP contribution is -2.30. The van der Waals surface area contributed by atoms with Gasteiger partial charge in [0.2, 0.25) is 0 Å². The summed E-state index contributed by atoms with van der Waals surface area (Å²) in [6.45, 7) is 6.60. The zero-order chi connectivity index (χ0) is 55.0. The van der Waals surface area contributed by atoms with E-state index >= 15 is 0 Å². The van der Waals surface area contributed by atoms with Crippen LogP contribution in [-0.2, 0) is 28.6 Å². The summed E-state index contributed by atoms with van der Waals surface area (Å²) in [6.07, 6.45) is 82.6. The molecule has 0 amide bonds. The molecule has 6 nitrogen and oxygen atoms in total. The van der Waals surface area contributed by atoms with Crippen LogP contribution in [0.5, 0.6) is 0 Å². The molecule has 1 unspecified atom stereocenters. The lowest BCUT2D eigenvalue weighted by Gasteiger charge is -2.18. The van der Waals surface area contributed by atoms with Crippen molar-refractivity contribution in [3.63, 3.8) is 0 Å². The van der Waals surface area contributed by atoms with E-state index in [-0.39, 0.29) is 31.1 Å². The van der Waals surface area contributed by atoms with Crippen LogP contribution in [0.1, 0.15) is 348 Å². The third kappa shape index (κ3) is 62.0.